The monoisotopic (exact) mass is 298 g/mol. The van der Waals surface area contributed by atoms with Crippen molar-refractivity contribution in [2.24, 2.45) is 0 Å². The van der Waals surface area contributed by atoms with Gasteiger partial charge in [-0.3, -0.25) is 4.55 Å². The van der Waals surface area contributed by atoms with E-state index in [1.807, 2.05) is 0 Å². The zero-order valence-corrected chi connectivity index (χ0v) is 10.9. The van der Waals surface area contributed by atoms with Crippen LogP contribution in [0.25, 0.3) is 0 Å². The Morgan fingerprint density at radius 3 is 2.22 bits per heavy atom. The fourth-order valence-electron chi connectivity index (χ4n) is 1.16. The molecule has 0 bridgehead atoms. The first-order valence-electron chi connectivity index (χ1n) is 4.32. The minimum atomic E-state index is -4.47. The van der Waals surface area contributed by atoms with Gasteiger partial charge in [-0.15, -0.1) is 4.33 Å². The van der Waals surface area contributed by atoms with Crippen molar-refractivity contribution in [3.8, 4) is 11.5 Å². The Labute approximate surface area is 107 Å². The van der Waals surface area contributed by atoms with E-state index in [0.29, 0.717) is 12.0 Å². The molecule has 2 N–H and O–H groups in total. The molecule has 0 radical (unpaired) electrons. The standard InChI is InChI=1S/C8H10O8S2/c1-13-5-3-6(14-2)8(18(10,11)12)4-7(5)17-16-15-9/h3-4,9H,1-2H3,(H,10,11,12). The minimum absolute atomic E-state index is 0.0939. The molecule has 1 aromatic carbocycles. The molecular weight excluding hydrogens is 288 g/mol. The van der Waals surface area contributed by atoms with E-state index in [9.17, 15) is 8.42 Å². The van der Waals surface area contributed by atoms with Crippen molar-refractivity contribution in [2.45, 2.75) is 9.79 Å². The second-order valence-electron chi connectivity index (χ2n) is 2.85. The molecule has 0 unspecified atom stereocenters. The molecule has 0 spiro atoms. The fourth-order valence-corrected chi connectivity index (χ4v) is 2.39. The highest BCUT2D eigenvalue weighted by Crippen LogP contribution is 2.37. The maximum Gasteiger partial charge on any atom is 0.298 e. The highest BCUT2D eigenvalue weighted by Gasteiger charge is 2.21. The molecule has 18 heavy (non-hydrogen) atoms. The molecule has 102 valence electrons. The van der Waals surface area contributed by atoms with Crippen LogP contribution in [0, 0.1) is 0 Å². The molecule has 1 aromatic rings. The number of methoxy groups -OCH3 is 2. The van der Waals surface area contributed by atoms with Crippen LogP contribution in [-0.2, 0) is 19.5 Å². The van der Waals surface area contributed by atoms with Gasteiger partial charge < -0.3 is 9.47 Å². The van der Waals surface area contributed by atoms with Crippen LogP contribution in [0.2, 0.25) is 0 Å². The molecule has 0 aliphatic rings. The van der Waals surface area contributed by atoms with E-state index < -0.39 is 15.0 Å². The first-order chi connectivity index (χ1) is 8.43. The minimum Gasteiger partial charge on any atom is -0.495 e. The third kappa shape index (κ3) is 3.48. The molecule has 0 heterocycles. The van der Waals surface area contributed by atoms with Gasteiger partial charge >= 0.3 is 0 Å². The molecule has 0 aliphatic carbocycles. The molecular formula is C8H10O8S2. The first-order valence-corrected chi connectivity index (χ1v) is 6.50. The molecule has 0 saturated heterocycles. The normalized spacial score (nSPS) is 11.3. The SMILES string of the molecule is COc1cc(OC)c(S(=O)(=O)O)cc1SOOO. The van der Waals surface area contributed by atoms with Gasteiger partial charge in [0.25, 0.3) is 10.1 Å². The smallest absolute Gasteiger partial charge is 0.298 e. The van der Waals surface area contributed by atoms with Gasteiger partial charge in [-0.25, -0.2) is 5.26 Å². The van der Waals surface area contributed by atoms with E-state index in [-0.39, 0.29) is 16.4 Å². The number of rotatable bonds is 6. The third-order valence-corrected chi connectivity index (χ3v) is 3.38. The van der Waals surface area contributed by atoms with Crippen molar-refractivity contribution in [1.29, 1.82) is 0 Å². The van der Waals surface area contributed by atoms with Crippen molar-refractivity contribution >= 4 is 22.2 Å². The van der Waals surface area contributed by atoms with Crippen molar-refractivity contribution < 1.29 is 37.1 Å². The summed E-state index contributed by atoms with van der Waals surface area (Å²) in [6, 6.07) is 2.29. The zero-order valence-electron chi connectivity index (χ0n) is 9.32. The van der Waals surface area contributed by atoms with Gasteiger partial charge in [-0.2, -0.15) is 8.42 Å². The van der Waals surface area contributed by atoms with Gasteiger partial charge in [0.1, 0.15) is 16.4 Å². The Hall–Kier alpha value is -1.04. The molecule has 0 amide bonds. The maximum absolute atomic E-state index is 11.1. The van der Waals surface area contributed by atoms with Crippen LogP contribution in [0.5, 0.6) is 11.5 Å². The number of ether oxygens (including phenoxy) is 2. The third-order valence-electron chi connectivity index (χ3n) is 1.88. The average molecular weight is 298 g/mol. The number of hydrogen-bond acceptors (Lipinski definition) is 8. The van der Waals surface area contributed by atoms with E-state index in [0.717, 1.165) is 6.07 Å². The van der Waals surface area contributed by atoms with E-state index in [2.05, 4.69) is 9.37 Å². The summed E-state index contributed by atoms with van der Waals surface area (Å²) in [5.74, 6) is 0.116. The summed E-state index contributed by atoms with van der Waals surface area (Å²) in [5, 5.41) is 11.4. The molecule has 0 atom stereocenters. The molecule has 0 fully saturated rings. The predicted octanol–water partition coefficient (Wildman–Crippen LogP) is 1.38. The summed E-state index contributed by atoms with van der Waals surface area (Å²) >= 11 is 0.493. The molecule has 0 aliphatic heterocycles. The van der Waals surface area contributed by atoms with Crippen molar-refractivity contribution in [3.63, 3.8) is 0 Å². The summed E-state index contributed by atoms with van der Waals surface area (Å²) in [5.41, 5.74) is 0. The quantitative estimate of drug-likeness (QED) is 0.348. The molecule has 8 nitrogen and oxygen atoms in total. The summed E-state index contributed by atoms with van der Waals surface area (Å²) in [4.78, 5) is -0.310. The van der Waals surface area contributed by atoms with Crippen LogP contribution in [0.1, 0.15) is 0 Å². The highest BCUT2D eigenvalue weighted by molar-refractivity contribution is 7.94. The summed E-state index contributed by atoms with van der Waals surface area (Å²) in [6.45, 7) is 0. The lowest BCUT2D eigenvalue weighted by Gasteiger charge is -2.11. The Morgan fingerprint density at radius 1 is 1.17 bits per heavy atom. The fraction of sp³-hybridized carbons (Fsp3) is 0.250. The van der Waals surface area contributed by atoms with Crippen LogP contribution >= 0.6 is 12.0 Å². The van der Waals surface area contributed by atoms with E-state index in [1.54, 1.807) is 0 Å². The average Bonchev–Trinajstić information content (AvgIpc) is 2.34. The molecule has 1 rings (SSSR count). The predicted molar refractivity (Wildman–Crippen MR) is 60.0 cm³/mol. The topological polar surface area (TPSA) is 112 Å². The van der Waals surface area contributed by atoms with Gasteiger partial charge in [0, 0.05) is 6.07 Å². The molecule has 0 saturated carbocycles. The summed E-state index contributed by atoms with van der Waals surface area (Å²) in [6.07, 6.45) is 0. The number of hydrogen-bond donors (Lipinski definition) is 2. The van der Waals surface area contributed by atoms with Crippen LogP contribution in [0.3, 0.4) is 0 Å². The van der Waals surface area contributed by atoms with Gasteiger partial charge in [0.05, 0.1) is 31.2 Å². The van der Waals surface area contributed by atoms with E-state index in [1.165, 1.54) is 20.3 Å². The van der Waals surface area contributed by atoms with E-state index in [4.69, 9.17) is 19.3 Å². The van der Waals surface area contributed by atoms with Gasteiger partial charge in [0.2, 0.25) is 0 Å². The number of benzene rings is 1. The highest BCUT2D eigenvalue weighted by atomic mass is 32.2. The van der Waals surface area contributed by atoms with Crippen molar-refractivity contribution in [1.82, 2.24) is 0 Å². The van der Waals surface area contributed by atoms with Crippen LogP contribution in [0.15, 0.2) is 21.9 Å². The Kier molecular flexibility index (Phi) is 5.19. The van der Waals surface area contributed by atoms with Gasteiger partial charge in [-0.1, -0.05) is 5.04 Å². The zero-order chi connectivity index (χ0) is 13.8. The van der Waals surface area contributed by atoms with Crippen LogP contribution < -0.4 is 9.47 Å². The second-order valence-corrected chi connectivity index (χ2v) is 4.99. The lowest BCUT2D eigenvalue weighted by Crippen LogP contribution is -2.03. The Balaban J connectivity index is 3.34. The summed E-state index contributed by atoms with van der Waals surface area (Å²) < 4.78 is 45.3. The second kappa shape index (κ2) is 6.22. The Morgan fingerprint density at radius 2 is 1.78 bits per heavy atom. The van der Waals surface area contributed by atoms with Crippen LogP contribution in [-0.4, -0.2) is 32.4 Å². The first kappa shape index (κ1) is 15.0. The van der Waals surface area contributed by atoms with Crippen molar-refractivity contribution in [3.05, 3.63) is 12.1 Å². The van der Waals surface area contributed by atoms with Crippen molar-refractivity contribution in [2.75, 3.05) is 14.2 Å². The van der Waals surface area contributed by atoms with Gasteiger partial charge in [-0.05, 0) is 6.07 Å². The van der Waals surface area contributed by atoms with Gasteiger partial charge in [0.15, 0.2) is 0 Å². The largest absolute Gasteiger partial charge is 0.495 e. The maximum atomic E-state index is 11.1. The lowest BCUT2D eigenvalue weighted by atomic mass is 10.3. The summed E-state index contributed by atoms with van der Waals surface area (Å²) in [7, 11) is -1.89. The lowest BCUT2D eigenvalue weighted by molar-refractivity contribution is -0.432. The molecule has 0 aromatic heterocycles. The molecule has 10 heteroatoms. The van der Waals surface area contributed by atoms with E-state index >= 15 is 0 Å². The Bertz CT molecular complexity index is 512. The van der Waals surface area contributed by atoms with Crippen LogP contribution in [0.4, 0.5) is 0 Å².